The number of hydrogen-bond acceptors (Lipinski definition) is 4. The van der Waals surface area contributed by atoms with Crippen LogP contribution in [0.3, 0.4) is 0 Å². The van der Waals surface area contributed by atoms with Crippen molar-refractivity contribution in [2.75, 3.05) is 5.01 Å². The van der Waals surface area contributed by atoms with E-state index in [-0.39, 0.29) is 12.1 Å². The zero-order chi connectivity index (χ0) is 12.4. The number of aliphatic carboxylic acids is 2. The van der Waals surface area contributed by atoms with Gasteiger partial charge in [0.05, 0.1) is 5.69 Å². The summed E-state index contributed by atoms with van der Waals surface area (Å²) >= 11 is 0. The van der Waals surface area contributed by atoms with Crippen molar-refractivity contribution in [2.45, 2.75) is 12.5 Å². The highest BCUT2D eigenvalue weighted by Gasteiger charge is 2.35. The molecule has 1 aliphatic heterocycles. The van der Waals surface area contributed by atoms with E-state index in [1.165, 1.54) is 5.01 Å². The van der Waals surface area contributed by atoms with Crippen LogP contribution >= 0.6 is 0 Å². The van der Waals surface area contributed by atoms with Gasteiger partial charge >= 0.3 is 11.9 Å². The second-order valence-electron chi connectivity index (χ2n) is 3.59. The molecule has 1 unspecified atom stereocenters. The van der Waals surface area contributed by atoms with E-state index in [1.807, 2.05) is 0 Å². The molecule has 2 rings (SSSR count). The first kappa shape index (κ1) is 11.1. The number of anilines is 1. The molecule has 1 heterocycles. The highest BCUT2D eigenvalue weighted by atomic mass is 16.4. The maximum Gasteiger partial charge on any atom is 0.352 e. The van der Waals surface area contributed by atoms with Crippen LogP contribution in [0.4, 0.5) is 5.69 Å². The van der Waals surface area contributed by atoms with E-state index in [4.69, 9.17) is 10.2 Å². The average Bonchev–Trinajstić information content (AvgIpc) is 2.75. The Labute approximate surface area is 96.8 Å². The lowest BCUT2D eigenvalue weighted by molar-refractivity contribution is -0.138. The van der Waals surface area contributed by atoms with Gasteiger partial charge in [-0.1, -0.05) is 18.2 Å². The van der Waals surface area contributed by atoms with Gasteiger partial charge in [-0.15, -0.1) is 0 Å². The van der Waals surface area contributed by atoms with Crippen molar-refractivity contribution in [2.24, 2.45) is 5.10 Å². The normalized spacial score (nSPS) is 18.9. The molecule has 0 aliphatic carbocycles. The summed E-state index contributed by atoms with van der Waals surface area (Å²) in [6.07, 6.45) is -0.0977. The molecule has 1 aromatic carbocycles. The lowest BCUT2D eigenvalue weighted by atomic mass is 10.1. The molecule has 1 atom stereocenters. The van der Waals surface area contributed by atoms with E-state index in [0.717, 1.165) is 0 Å². The molecule has 17 heavy (non-hydrogen) atoms. The van der Waals surface area contributed by atoms with Gasteiger partial charge in [0.1, 0.15) is 5.71 Å². The first-order valence-electron chi connectivity index (χ1n) is 4.97. The number of hydrazone groups is 1. The number of nitrogens with zero attached hydrogens (tertiary/aromatic N) is 2. The van der Waals surface area contributed by atoms with Crippen LogP contribution in [0.5, 0.6) is 0 Å². The number of carbonyl (C=O) groups is 2. The molecular weight excluding hydrogens is 224 g/mol. The topological polar surface area (TPSA) is 90.2 Å². The standard InChI is InChI=1S/C11H10N2O4/c14-10(15)8-6-9(11(16)17)13(12-8)7-4-2-1-3-5-7/h1-5,9H,6H2,(H,14,15)(H,16,17). The molecule has 1 aromatic rings. The van der Waals surface area contributed by atoms with Crippen molar-refractivity contribution in [3.8, 4) is 0 Å². The van der Waals surface area contributed by atoms with Crippen molar-refractivity contribution in [3.63, 3.8) is 0 Å². The van der Waals surface area contributed by atoms with E-state index in [0.29, 0.717) is 5.69 Å². The van der Waals surface area contributed by atoms with E-state index in [9.17, 15) is 9.59 Å². The number of para-hydroxylation sites is 1. The van der Waals surface area contributed by atoms with Crippen LogP contribution in [0.15, 0.2) is 35.4 Å². The van der Waals surface area contributed by atoms with Gasteiger partial charge in [0, 0.05) is 6.42 Å². The van der Waals surface area contributed by atoms with Gasteiger partial charge in [0.25, 0.3) is 0 Å². The van der Waals surface area contributed by atoms with Gasteiger partial charge in [-0.05, 0) is 12.1 Å². The Morgan fingerprint density at radius 1 is 1.24 bits per heavy atom. The summed E-state index contributed by atoms with van der Waals surface area (Å²) < 4.78 is 0. The highest BCUT2D eigenvalue weighted by molar-refractivity contribution is 6.37. The van der Waals surface area contributed by atoms with Gasteiger partial charge in [-0.3, -0.25) is 5.01 Å². The highest BCUT2D eigenvalue weighted by Crippen LogP contribution is 2.24. The Morgan fingerprint density at radius 3 is 2.41 bits per heavy atom. The minimum absolute atomic E-state index is 0.0977. The SMILES string of the molecule is O=C(O)C1=NN(c2ccccc2)C(C(=O)O)C1. The zero-order valence-electron chi connectivity index (χ0n) is 8.78. The summed E-state index contributed by atoms with van der Waals surface area (Å²) in [7, 11) is 0. The maximum atomic E-state index is 11.0. The van der Waals surface area contributed by atoms with Gasteiger partial charge < -0.3 is 10.2 Å². The van der Waals surface area contributed by atoms with Crippen molar-refractivity contribution in [3.05, 3.63) is 30.3 Å². The molecule has 88 valence electrons. The van der Waals surface area contributed by atoms with Crippen LogP contribution in [0, 0.1) is 0 Å². The van der Waals surface area contributed by atoms with E-state index in [1.54, 1.807) is 30.3 Å². The first-order chi connectivity index (χ1) is 8.09. The lowest BCUT2D eigenvalue weighted by Gasteiger charge is -2.19. The molecule has 0 saturated heterocycles. The summed E-state index contributed by atoms with van der Waals surface area (Å²) in [5.74, 6) is -2.27. The number of carboxylic acids is 2. The maximum absolute atomic E-state index is 11.0. The number of carboxylic acid groups (broad SMARTS) is 2. The fraction of sp³-hybridized carbons (Fsp3) is 0.182. The Balaban J connectivity index is 2.35. The minimum atomic E-state index is -1.19. The monoisotopic (exact) mass is 234 g/mol. The van der Waals surface area contributed by atoms with Crippen LogP contribution in [0.25, 0.3) is 0 Å². The largest absolute Gasteiger partial charge is 0.480 e. The van der Waals surface area contributed by atoms with Crippen LogP contribution < -0.4 is 5.01 Å². The summed E-state index contributed by atoms with van der Waals surface area (Å²) in [4.78, 5) is 21.8. The summed E-state index contributed by atoms with van der Waals surface area (Å²) in [6, 6.07) is 7.68. The van der Waals surface area contributed by atoms with Crippen molar-refractivity contribution < 1.29 is 19.8 Å². The Hall–Kier alpha value is -2.37. The van der Waals surface area contributed by atoms with Gasteiger partial charge in [0.15, 0.2) is 6.04 Å². The fourth-order valence-corrected chi connectivity index (χ4v) is 1.65. The minimum Gasteiger partial charge on any atom is -0.480 e. The van der Waals surface area contributed by atoms with Gasteiger partial charge in [-0.2, -0.15) is 5.10 Å². The number of hydrogen-bond donors (Lipinski definition) is 2. The summed E-state index contributed by atoms with van der Waals surface area (Å²) in [6.45, 7) is 0. The van der Waals surface area contributed by atoms with Gasteiger partial charge in [-0.25, -0.2) is 9.59 Å². The quantitative estimate of drug-likeness (QED) is 0.806. The first-order valence-corrected chi connectivity index (χ1v) is 4.97. The van der Waals surface area contributed by atoms with E-state index < -0.39 is 18.0 Å². The van der Waals surface area contributed by atoms with Gasteiger partial charge in [0.2, 0.25) is 0 Å². The summed E-state index contributed by atoms with van der Waals surface area (Å²) in [5.41, 5.74) is 0.428. The van der Waals surface area contributed by atoms with Crippen LogP contribution in [0.2, 0.25) is 0 Å². The van der Waals surface area contributed by atoms with Crippen molar-refractivity contribution >= 4 is 23.3 Å². The third kappa shape index (κ3) is 2.10. The van der Waals surface area contributed by atoms with Crippen LogP contribution in [-0.4, -0.2) is 33.9 Å². The molecular formula is C11H10N2O4. The lowest BCUT2D eigenvalue weighted by Crippen LogP contribution is -2.34. The molecule has 0 aromatic heterocycles. The van der Waals surface area contributed by atoms with Crippen LogP contribution in [0.1, 0.15) is 6.42 Å². The molecule has 6 nitrogen and oxygen atoms in total. The van der Waals surface area contributed by atoms with E-state index in [2.05, 4.69) is 5.10 Å². The third-order valence-electron chi connectivity index (χ3n) is 2.46. The van der Waals surface area contributed by atoms with Crippen LogP contribution in [-0.2, 0) is 9.59 Å². The van der Waals surface area contributed by atoms with Crippen molar-refractivity contribution in [1.82, 2.24) is 0 Å². The second-order valence-corrected chi connectivity index (χ2v) is 3.59. The Morgan fingerprint density at radius 2 is 1.88 bits per heavy atom. The predicted octanol–water partition coefficient (Wildman–Crippen LogP) is 0.791. The van der Waals surface area contributed by atoms with E-state index >= 15 is 0 Å². The molecule has 0 bridgehead atoms. The third-order valence-corrected chi connectivity index (χ3v) is 2.46. The molecule has 0 spiro atoms. The second kappa shape index (κ2) is 4.25. The molecule has 2 N–H and O–H groups in total. The molecule has 0 saturated carbocycles. The smallest absolute Gasteiger partial charge is 0.352 e. The average molecular weight is 234 g/mol. The number of rotatable bonds is 3. The molecule has 1 aliphatic rings. The molecule has 0 fully saturated rings. The fourth-order valence-electron chi connectivity index (χ4n) is 1.65. The summed E-state index contributed by atoms with van der Waals surface area (Å²) in [5, 5.41) is 22.9. The molecule has 6 heteroatoms. The predicted molar refractivity (Wildman–Crippen MR) is 60.0 cm³/mol. The Bertz CT molecular complexity index is 484. The molecule has 0 amide bonds. The zero-order valence-corrected chi connectivity index (χ0v) is 8.78. The number of benzene rings is 1. The van der Waals surface area contributed by atoms with Crippen molar-refractivity contribution in [1.29, 1.82) is 0 Å². The molecule has 0 radical (unpaired) electrons. The Kier molecular flexibility index (Phi) is 2.78.